The third kappa shape index (κ3) is 3.63. The average Bonchev–Trinajstić information content (AvgIpc) is 2.50. The van der Waals surface area contributed by atoms with E-state index in [2.05, 4.69) is 36.5 Å². The molecule has 0 aliphatic carbocycles. The molecule has 2 rings (SSSR count). The van der Waals surface area contributed by atoms with Crippen molar-refractivity contribution in [1.82, 2.24) is 5.32 Å². The summed E-state index contributed by atoms with van der Waals surface area (Å²) in [6.45, 7) is 3.03. The van der Waals surface area contributed by atoms with Gasteiger partial charge in [-0.05, 0) is 43.1 Å². The highest BCUT2D eigenvalue weighted by molar-refractivity contribution is 6.31. The van der Waals surface area contributed by atoms with Gasteiger partial charge in [-0.25, -0.2) is 4.39 Å². The minimum Gasteiger partial charge on any atom is -0.319 e. The van der Waals surface area contributed by atoms with E-state index in [1.54, 1.807) is 6.07 Å². The van der Waals surface area contributed by atoms with Crippen LogP contribution < -0.4 is 5.32 Å². The predicted molar refractivity (Wildman–Crippen MR) is 87.5 cm³/mol. The lowest BCUT2D eigenvalue weighted by Crippen LogP contribution is -2.38. The zero-order valence-electron chi connectivity index (χ0n) is 12.5. The number of benzene rings is 2. The van der Waals surface area contributed by atoms with Gasteiger partial charge >= 0.3 is 0 Å². The summed E-state index contributed by atoms with van der Waals surface area (Å²) in [5, 5.41) is 3.79. The van der Waals surface area contributed by atoms with Crippen LogP contribution in [0.4, 0.5) is 4.39 Å². The molecular weight excluding hydrogens is 285 g/mol. The molecule has 0 saturated heterocycles. The maximum absolute atomic E-state index is 13.2. The number of hydrogen-bond donors (Lipinski definition) is 1. The second-order valence-corrected chi connectivity index (χ2v) is 5.85. The third-order valence-electron chi connectivity index (χ3n) is 4.12. The first-order valence-electron chi connectivity index (χ1n) is 7.25. The largest absolute Gasteiger partial charge is 0.319 e. The number of rotatable bonds is 6. The minimum absolute atomic E-state index is 0.0442. The fourth-order valence-corrected chi connectivity index (χ4v) is 3.11. The van der Waals surface area contributed by atoms with Gasteiger partial charge in [-0.15, -0.1) is 0 Å². The van der Waals surface area contributed by atoms with Crippen LogP contribution in [-0.2, 0) is 11.8 Å². The van der Waals surface area contributed by atoms with Crippen LogP contribution in [0.25, 0.3) is 0 Å². The van der Waals surface area contributed by atoms with Crippen molar-refractivity contribution in [2.75, 3.05) is 13.6 Å². The molecule has 0 bridgehead atoms. The Morgan fingerprint density at radius 1 is 1.14 bits per heavy atom. The lowest BCUT2D eigenvalue weighted by molar-refractivity contribution is 0.390. The Morgan fingerprint density at radius 2 is 1.86 bits per heavy atom. The second kappa shape index (κ2) is 7.06. The van der Waals surface area contributed by atoms with Crippen molar-refractivity contribution in [3.8, 4) is 0 Å². The number of hydrogen-bond acceptors (Lipinski definition) is 1. The van der Waals surface area contributed by atoms with Gasteiger partial charge in [-0.3, -0.25) is 0 Å². The molecule has 0 spiro atoms. The van der Waals surface area contributed by atoms with Crippen LogP contribution in [0.2, 0.25) is 5.02 Å². The standard InChI is InChI=1S/C18H21ClFN/c1-3-18(13-21-2,15-7-5-4-6-8-15)12-14-9-10-16(20)11-17(14)19/h4-11,21H,3,12-13H2,1-2H3. The Hall–Kier alpha value is -1.38. The molecule has 0 fully saturated rings. The van der Waals surface area contributed by atoms with Crippen LogP contribution in [0, 0.1) is 5.82 Å². The van der Waals surface area contributed by atoms with E-state index in [0.29, 0.717) is 5.02 Å². The molecule has 112 valence electrons. The van der Waals surface area contributed by atoms with Crippen molar-refractivity contribution in [2.45, 2.75) is 25.2 Å². The summed E-state index contributed by atoms with van der Waals surface area (Å²) in [7, 11) is 1.96. The molecule has 21 heavy (non-hydrogen) atoms. The first-order valence-corrected chi connectivity index (χ1v) is 7.63. The van der Waals surface area contributed by atoms with Crippen LogP contribution in [0.5, 0.6) is 0 Å². The summed E-state index contributed by atoms with van der Waals surface area (Å²) < 4.78 is 13.2. The van der Waals surface area contributed by atoms with Gasteiger partial charge in [-0.1, -0.05) is 54.9 Å². The Morgan fingerprint density at radius 3 is 2.43 bits per heavy atom. The predicted octanol–water partition coefficient (Wildman–Crippen LogP) is 4.59. The maximum atomic E-state index is 13.2. The lowest BCUT2D eigenvalue weighted by atomic mass is 9.73. The van der Waals surface area contributed by atoms with E-state index in [0.717, 1.165) is 24.9 Å². The Labute approximate surface area is 131 Å². The van der Waals surface area contributed by atoms with E-state index < -0.39 is 0 Å². The first-order chi connectivity index (χ1) is 10.1. The number of likely N-dealkylation sites (N-methyl/N-ethyl adjacent to an activating group) is 1. The Bertz CT molecular complexity index is 585. The van der Waals surface area contributed by atoms with E-state index in [1.165, 1.54) is 17.7 Å². The summed E-state index contributed by atoms with van der Waals surface area (Å²) in [4.78, 5) is 0. The summed E-state index contributed by atoms with van der Waals surface area (Å²) in [5.74, 6) is -0.292. The molecule has 1 nitrogen and oxygen atoms in total. The third-order valence-corrected chi connectivity index (χ3v) is 4.47. The van der Waals surface area contributed by atoms with Crippen molar-refractivity contribution in [3.05, 3.63) is 70.5 Å². The molecule has 0 radical (unpaired) electrons. The highest BCUT2D eigenvalue weighted by Crippen LogP contribution is 2.34. The summed E-state index contributed by atoms with van der Waals surface area (Å²) in [6, 6.07) is 15.1. The monoisotopic (exact) mass is 305 g/mol. The van der Waals surface area contributed by atoms with Crippen molar-refractivity contribution < 1.29 is 4.39 Å². The quantitative estimate of drug-likeness (QED) is 0.823. The fraction of sp³-hybridized carbons (Fsp3) is 0.333. The van der Waals surface area contributed by atoms with Gasteiger partial charge in [-0.2, -0.15) is 0 Å². The SMILES string of the molecule is CCC(CNC)(Cc1ccc(F)cc1Cl)c1ccccc1. The van der Waals surface area contributed by atoms with E-state index in [-0.39, 0.29) is 11.2 Å². The molecule has 1 N–H and O–H groups in total. The molecule has 3 heteroatoms. The smallest absolute Gasteiger partial charge is 0.124 e. The number of nitrogens with one attached hydrogen (secondary N) is 1. The van der Waals surface area contributed by atoms with Crippen molar-refractivity contribution in [2.24, 2.45) is 0 Å². The number of halogens is 2. The van der Waals surface area contributed by atoms with Crippen molar-refractivity contribution >= 4 is 11.6 Å². The van der Waals surface area contributed by atoms with Gasteiger partial charge < -0.3 is 5.32 Å². The molecule has 1 unspecified atom stereocenters. The van der Waals surface area contributed by atoms with Gasteiger partial charge in [0, 0.05) is 17.0 Å². The minimum atomic E-state index is -0.292. The molecule has 0 aliphatic heterocycles. The van der Waals surface area contributed by atoms with E-state index in [4.69, 9.17) is 11.6 Å². The average molecular weight is 306 g/mol. The molecule has 0 aliphatic rings. The van der Waals surface area contributed by atoms with Gasteiger partial charge in [0.2, 0.25) is 0 Å². The van der Waals surface area contributed by atoms with E-state index >= 15 is 0 Å². The fourth-order valence-electron chi connectivity index (χ4n) is 2.88. The van der Waals surface area contributed by atoms with Crippen LogP contribution >= 0.6 is 11.6 Å². The Balaban J connectivity index is 2.41. The first kappa shape index (κ1) is 16.0. The lowest BCUT2D eigenvalue weighted by Gasteiger charge is -2.34. The Kier molecular flexibility index (Phi) is 5.38. The van der Waals surface area contributed by atoms with Crippen LogP contribution in [0.15, 0.2) is 48.5 Å². The summed E-state index contributed by atoms with van der Waals surface area (Å²) in [5.41, 5.74) is 2.22. The van der Waals surface area contributed by atoms with E-state index in [1.807, 2.05) is 13.1 Å². The van der Waals surface area contributed by atoms with Crippen molar-refractivity contribution in [3.63, 3.8) is 0 Å². The highest BCUT2D eigenvalue weighted by atomic mass is 35.5. The van der Waals surface area contributed by atoms with Crippen LogP contribution in [0.3, 0.4) is 0 Å². The normalized spacial score (nSPS) is 13.9. The topological polar surface area (TPSA) is 12.0 Å². The molecule has 2 aromatic rings. The highest BCUT2D eigenvalue weighted by Gasteiger charge is 2.30. The molecule has 0 aromatic heterocycles. The molecule has 1 atom stereocenters. The van der Waals surface area contributed by atoms with E-state index in [9.17, 15) is 4.39 Å². The molecule has 0 heterocycles. The van der Waals surface area contributed by atoms with Crippen molar-refractivity contribution in [1.29, 1.82) is 0 Å². The van der Waals surface area contributed by atoms with Gasteiger partial charge in [0.1, 0.15) is 5.82 Å². The maximum Gasteiger partial charge on any atom is 0.124 e. The molecular formula is C18H21ClFN. The zero-order valence-corrected chi connectivity index (χ0v) is 13.3. The second-order valence-electron chi connectivity index (χ2n) is 5.44. The molecule has 0 amide bonds. The van der Waals surface area contributed by atoms with Gasteiger partial charge in [0.25, 0.3) is 0 Å². The van der Waals surface area contributed by atoms with Gasteiger partial charge in [0.05, 0.1) is 0 Å². The summed E-state index contributed by atoms with van der Waals surface area (Å²) in [6.07, 6.45) is 1.76. The molecule has 0 saturated carbocycles. The van der Waals surface area contributed by atoms with Crippen LogP contribution in [0.1, 0.15) is 24.5 Å². The zero-order chi connectivity index (χ0) is 15.3. The molecule has 2 aromatic carbocycles. The van der Waals surface area contributed by atoms with Crippen LogP contribution in [-0.4, -0.2) is 13.6 Å². The van der Waals surface area contributed by atoms with Gasteiger partial charge in [0.15, 0.2) is 0 Å². The summed E-state index contributed by atoms with van der Waals surface area (Å²) >= 11 is 6.22.